The molecule has 2 aliphatic rings. The first kappa shape index (κ1) is 17.4. The number of nitrogens with zero attached hydrogens (tertiary/aromatic N) is 1. The number of hydrogen-bond acceptors (Lipinski definition) is 3. The number of benzene rings is 1. The molecule has 1 aliphatic heterocycles. The largest absolute Gasteiger partial charge is 0.360 e. The van der Waals surface area contributed by atoms with Gasteiger partial charge in [-0.25, -0.2) is 0 Å². The van der Waals surface area contributed by atoms with E-state index in [4.69, 9.17) is 4.74 Å². The van der Waals surface area contributed by atoms with Crippen LogP contribution in [0.15, 0.2) is 30.3 Å². The molecule has 1 aromatic carbocycles. The fourth-order valence-corrected chi connectivity index (χ4v) is 3.81. The molecule has 1 saturated heterocycles. The van der Waals surface area contributed by atoms with Crippen molar-refractivity contribution in [2.75, 3.05) is 19.6 Å². The summed E-state index contributed by atoms with van der Waals surface area (Å²) in [4.78, 5) is 15.3. The van der Waals surface area contributed by atoms with Crippen LogP contribution in [0, 0.1) is 0 Å². The van der Waals surface area contributed by atoms with Gasteiger partial charge in [0.2, 0.25) is 0 Å². The predicted molar refractivity (Wildman–Crippen MR) is 95.8 cm³/mol. The van der Waals surface area contributed by atoms with Gasteiger partial charge in [0.05, 0.1) is 6.10 Å². The van der Waals surface area contributed by atoms with Crippen LogP contribution in [0.2, 0.25) is 0 Å². The molecule has 1 atom stereocenters. The third-order valence-electron chi connectivity index (χ3n) is 5.35. The van der Waals surface area contributed by atoms with Crippen molar-refractivity contribution in [3.8, 4) is 0 Å². The van der Waals surface area contributed by atoms with Gasteiger partial charge in [-0.3, -0.25) is 4.79 Å². The Morgan fingerprint density at radius 1 is 1.17 bits per heavy atom. The van der Waals surface area contributed by atoms with Crippen molar-refractivity contribution in [2.45, 2.75) is 63.7 Å². The van der Waals surface area contributed by atoms with Crippen molar-refractivity contribution >= 4 is 5.91 Å². The fraction of sp³-hybridized carbons (Fsp3) is 0.650. The van der Waals surface area contributed by atoms with Gasteiger partial charge in [0, 0.05) is 19.1 Å². The van der Waals surface area contributed by atoms with Gasteiger partial charge in [-0.1, -0.05) is 50.1 Å². The quantitative estimate of drug-likeness (QED) is 0.870. The van der Waals surface area contributed by atoms with Gasteiger partial charge in [0.1, 0.15) is 0 Å². The second-order valence-electron chi connectivity index (χ2n) is 7.05. The molecule has 4 heteroatoms. The summed E-state index contributed by atoms with van der Waals surface area (Å²) in [5, 5.41) is 3.25. The lowest BCUT2D eigenvalue weighted by Gasteiger charge is -2.32. The van der Waals surface area contributed by atoms with E-state index in [9.17, 15) is 4.79 Å². The number of likely N-dealkylation sites (tertiary alicyclic amines) is 1. The minimum atomic E-state index is -0.474. The minimum absolute atomic E-state index is 0.0306. The highest BCUT2D eigenvalue weighted by Crippen LogP contribution is 2.28. The fourth-order valence-electron chi connectivity index (χ4n) is 3.81. The topological polar surface area (TPSA) is 41.6 Å². The number of piperidine rings is 1. The monoisotopic (exact) mass is 330 g/mol. The Morgan fingerprint density at radius 3 is 2.46 bits per heavy atom. The molecule has 0 aromatic heterocycles. The van der Waals surface area contributed by atoms with Crippen LogP contribution >= 0.6 is 0 Å². The molecular weight excluding hydrogens is 300 g/mol. The zero-order valence-corrected chi connectivity index (χ0v) is 14.7. The number of carbonyl (C=O) groups excluding carboxylic acids is 1. The van der Waals surface area contributed by atoms with Gasteiger partial charge in [-0.05, 0) is 37.8 Å². The summed E-state index contributed by atoms with van der Waals surface area (Å²) in [7, 11) is 0. The van der Waals surface area contributed by atoms with Crippen LogP contribution in [0.5, 0.6) is 0 Å². The zero-order valence-electron chi connectivity index (χ0n) is 14.7. The molecule has 1 N–H and O–H groups in total. The highest BCUT2D eigenvalue weighted by Gasteiger charge is 2.29. The first-order valence-corrected chi connectivity index (χ1v) is 9.49. The summed E-state index contributed by atoms with van der Waals surface area (Å²) >= 11 is 0. The van der Waals surface area contributed by atoms with Crippen LogP contribution in [0.3, 0.4) is 0 Å². The third-order valence-corrected chi connectivity index (χ3v) is 5.35. The standard InChI is InChI=1S/C20H30N2O2/c1-2-22-14-12-17(13-15-22)21-20(23)19(16-8-4-3-5-9-16)24-18-10-6-7-11-18/h3-5,8-9,17-19H,2,6-7,10-15H2,1H3,(H,21,23)/t19-/m1/s1. The van der Waals surface area contributed by atoms with E-state index in [1.807, 2.05) is 30.3 Å². The normalized spacial score (nSPS) is 21.7. The molecule has 0 spiro atoms. The van der Waals surface area contributed by atoms with Gasteiger partial charge in [-0.2, -0.15) is 0 Å². The smallest absolute Gasteiger partial charge is 0.254 e. The van der Waals surface area contributed by atoms with Gasteiger partial charge in [0.25, 0.3) is 5.91 Å². The number of nitrogens with one attached hydrogen (secondary N) is 1. The number of ether oxygens (including phenoxy) is 1. The summed E-state index contributed by atoms with van der Waals surface area (Å²) in [6, 6.07) is 10.2. The molecule has 0 bridgehead atoms. The van der Waals surface area contributed by atoms with E-state index in [-0.39, 0.29) is 18.1 Å². The zero-order chi connectivity index (χ0) is 16.8. The summed E-state index contributed by atoms with van der Waals surface area (Å²) in [6.07, 6.45) is 6.39. The number of hydrogen-bond donors (Lipinski definition) is 1. The number of carbonyl (C=O) groups is 1. The maximum absolute atomic E-state index is 12.9. The second kappa shape index (κ2) is 8.63. The molecular formula is C20H30N2O2. The SMILES string of the molecule is CCN1CCC(NC(=O)[C@H](OC2CCCC2)c2ccccc2)CC1. The van der Waals surface area contributed by atoms with E-state index < -0.39 is 6.10 Å². The van der Waals surface area contributed by atoms with Crippen molar-refractivity contribution < 1.29 is 9.53 Å². The molecule has 3 rings (SSSR count). The van der Waals surface area contributed by atoms with Crippen LogP contribution in [0.4, 0.5) is 0 Å². The van der Waals surface area contributed by atoms with Gasteiger partial charge < -0.3 is 15.0 Å². The maximum atomic E-state index is 12.9. The molecule has 1 aromatic rings. The highest BCUT2D eigenvalue weighted by atomic mass is 16.5. The average Bonchev–Trinajstić information content (AvgIpc) is 3.14. The molecule has 2 fully saturated rings. The van der Waals surface area contributed by atoms with Crippen molar-refractivity contribution in [1.29, 1.82) is 0 Å². The van der Waals surface area contributed by atoms with Crippen LogP contribution < -0.4 is 5.32 Å². The van der Waals surface area contributed by atoms with Gasteiger partial charge in [0.15, 0.2) is 6.10 Å². The van der Waals surface area contributed by atoms with Crippen molar-refractivity contribution in [3.63, 3.8) is 0 Å². The predicted octanol–water partition coefficient (Wildman–Crippen LogP) is 3.29. The van der Waals surface area contributed by atoms with Crippen molar-refractivity contribution in [2.24, 2.45) is 0 Å². The average molecular weight is 330 g/mol. The Bertz CT molecular complexity index is 506. The van der Waals surface area contributed by atoms with Gasteiger partial charge in [-0.15, -0.1) is 0 Å². The first-order valence-electron chi connectivity index (χ1n) is 9.49. The molecule has 0 radical (unpaired) electrons. The van der Waals surface area contributed by atoms with Gasteiger partial charge >= 0.3 is 0 Å². The lowest BCUT2D eigenvalue weighted by Crippen LogP contribution is -2.46. The van der Waals surface area contributed by atoms with E-state index in [1.54, 1.807) is 0 Å². The Balaban J connectivity index is 1.62. The maximum Gasteiger partial charge on any atom is 0.254 e. The van der Waals surface area contributed by atoms with Crippen LogP contribution in [0.25, 0.3) is 0 Å². The lowest BCUT2D eigenvalue weighted by atomic mass is 10.0. The van der Waals surface area contributed by atoms with Crippen molar-refractivity contribution in [3.05, 3.63) is 35.9 Å². The Hall–Kier alpha value is -1.39. The molecule has 132 valence electrons. The summed E-state index contributed by atoms with van der Waals surface area (Å²) in [5.41, 5.74) is 0.966. The molecule has 24 heavy (non-hydrogen) atoms. The summed E-state index contributed by atoms with van der Waals surface area (Å²) in [5.74, 6) is 0.0306. The second-order valence-corrected chi connectivity index (χ2v) is 7.05. The number of rotatable bonds is 6. The molecule has 1 amide bonds. The highest BCUT2D eigenvalue weighted by molar-refractivity contribution is 5.82. The minimum Gasteiger partial charge on any atom is -0.360 e. The lowest BCUT2D eigenvalue weighted by molar-refractivity contribution is -0.138. The van der Waals surface area contributed by atoms with E-state index in [2.05, 4.69) is 17.1 Å². The Labute approximate surface area is 145 Å². The molecule has 1 saturated carbocycles. The van der Waals surface area contributed by atoms with Crippen LogP contribution in [0.1, 0.15) is 57.1 Å². The molecule has 1 aliphatic carbocycles. The Morgan fingerprint density at radius 2 is 1.83 bits per heavy atom. The van der Waals surface area contributed by atoms with E-state index in [0.717, 1.165) is 50.9 Å². The first-order chi connectivity index (χ1) is 11.8. The molecule has 0 unspecified atom stereocenters. The van der Waals surface area contributed by atoms with E-state index >= 15 is 0 Å². The van der Waals surface area contributed by atoms with E-state index in [0.29, 0.717) is 0 Å². The van der Waals surface area contributed by atoms with E-state index in [1.165, 1.54) is 12.8 Å². The van der Waals surface area contributed by atoms with Crippen LogP contribution in [-0.4, -0.2) is 42.6 Å². The third kappa shape index (κ3) is 4.58. The summed E-state index contributed by atoms with van der Waals surface area (Å²) < 4.78 is 6.22. The van der Waals surface area contributed by atoms with Crippen molar-refractivity contribution in [1.82, 2.24) is 10.2 Å². The molecule has 4 nitrogen and oxygen atoms in total. The summed E-state index contributed by atoms with van der Waals surface area (Å²) in [6.45, 7) is 5.43. The molecule has 1 heterocycles. The number of amides is 1. The van der Waals surface area contributed by atoms with Crippen LogP contribution in [-0.2, 0) is 9.53 Å². The Kier molecular flexibility index (Phi) is 6.27.